The maximum Gasteiger partial charge on any atom is 0.0252 e. The summed E-state index contributed by atoms with van der Waals surface area (Å²) in [7, 11) is 0. The van der Waals surface area contributed by atoms with Gasteiger partial charge in [0.2, 0.25) is 0 Å². The molecule has 2 atom stereocenters. The van der Waals surface area contributed by atoms with Gasteiger partial charge in [-0.2, -0.15) is 11.8 Å². The lowest BCUT2D eigenvalue weighted by Crippen LogP contribution is -2.49. The fraction of sp³-hybridized carbons (Fsp3) is 1.00. The quantitative estimate of drug-likeness (QED) is 0.710. The van der Waals surface area contributed by atoms with Crippen LogP contribution in [-0.2, 0) is 0 Å². The van der Waals surface area contributed by atoms with Crippen molar-refractivity contribution in [2.24, 2.45) is 0 Å². The number of rotatable bonds is 2. The van der Waals surface area contributed by atoms with Crippen LogP contribution in [0.1, 0.15) is 19.3 Å². The van der Waals surface area contributed by atoms with Crippen LogP contribution in [0.4, 0.5) is 0 Å². The van der Waals surface area contributed by atoms with Crippen LogP contribution in [0.2, 0.25) is 0 Å². The highest BCUT2D eigenvalue weighted by Crippen LogP contribution is 2.29. The molecule has 74 valence electrons. The summed E-state index contributed by atoms with van der Waals surface area (Å²) in [6.07, 6.45) is 4.27. The predicted molar refractivity (Wildman–Crippen MR) is 57.2 cm³/mol. The highest BCUT2D eigenvalue weighted by molar-refractivity contribution is 8.00. The second-order valence-electron chi connectivity index (χ2n) is 4.54. The Kier molecular flexibility index (Phi) is 2.27. The SMILES string of the molecule is C1CC2C(NC3CSC3)CCN2C1. The summed E-state index contributed by atoms with van der Waals surface area (Å²) in [4.78, 5) is 2.68. The first kappa shape index (κ1) is 8.57. The van der Waals surface area contributed by atoms with Crippen LogP contribution in [0.15, 0.2) is 0 Å². The standard InChI is InChI=1S/C10H18N2S/c1-2-10-9(3-5-12(10)4-1)11-8-6-13-7-8/h8-11H,1-7H2. The fourth-order valence-electron chi connectivity index (χ4n) is 2.91. The summed E-state index contributed by atoms with van der Waals surface area (Å²) < 4.78 is 0. The molecule has 3 aliphatic rings. The molecule has 0 spiro atoms. The van der Waals surface area contributed by atoms with Crippen LogP contribution in [0, 0.1) is 0 Å². The summed E-state index contributed by atoms with van der Waals surface area (Å²) in [6, 6.07) is 2.56. The van der Waals surface area contributed by atoms with Crippen LogP contribution in [-0.4, -0.2) is 47.6 Å². The van der Waals surface area contributed by atoms with Gasteiger partial charge in [0.15, 0.2) is 0 Å². The largest absolute Gasteiger partial charge is 0.308 e. The highest BCUT2D eigenvalue weighted by atomic mass is 32.2. The molecule has 0 aromatic carbocycles. The molecule has 2 nitrogen and oxygen atoms in total. The third kappa shape index (κ3) is 1.51. The van der Waals surface area contributed by atoms with Crippen LogP contribution < -0.4 is 5.32 Å². The summed E-state index contributed by atoms with van der Waals surface area (Å²) in [6.45, 7) is 2.71. The average Bonchev–Trinajstić information content (AvgIpc) is 2.58. The summed E-state index contributed by atoms with van der Waals surface area (Å²) in [5, 5.41) is 3.82. The zero-order chi connectivity index (χ0) is 8.67. The molecular weight excluding hydrogens is 180 g/mol. The van der Waals surface area contributed by atoms with Gasteiger partial charge in [-0.3, -0.25) is 4.90 Å². The Bertz CT molecular complexity index is 193. The van der Waals surface area contributed by atoms with E-state index >= 15 is 0 Å². The molecule has 3 heteroatoms. The van der Waals surface area contributed by atoms with Crippen molar-refractivity contribution in [2.45, 2.75) is 37.4 Å². The Balaban J connectivity index is 1.58. The van der Waals surface area contributed by atoms with Crippen molar-refractivity contribution in [1.29, 1.82) is 0 Å². The van der Waals surface area contributed by atoms with Crippen molar-refractivity contribution < 1.29 is 0 Å². The number of hydrogen-bond donors (Lipinski definition) is 1. The molecule has 0 bridgehead atoms. The molecule has 3 saturated heterocycles. The van der Waals surface area contributed by atoms with E-state index in [0.29, 0.717) is 0 Å². The number of hydrogen-bond acceptors (Lipinski definition) is 3. The van der Waals surface area contributed by atoms with Crippen LogP contribution in [0.5, 0.6) is 0 Å². The maximum absolute atomic E-state index is 3.82. The summed E-state index contributed by atoms with van der Waals surface area (Å²) >= 11 is 2.08. The van der Waals surface area contributed by atoms with Gasteiger partial charge in [0, 0.05) is 36.2 Å². The van der Waals surface area contributed by atoms with Gasteiger partial charge < -0.3 is 5.32 Å². The van der Waals surface area contributed by atoms with Crippen molar-refractivity contribution in [1.82, 2.24) is 10.2 Å². The molecule has 1 N–H and O–H groups in total. The second-order valence-corrected chi connectivity index (χ2v) is 5.62. The van der Waals surface area contributed by atoms with Crippen molar-refractivity contribution in [2.75, 3.05) is 24.6 Å². The zero-order valence-electron chi connectivity index (χ0n) is 8.04. The van der Waals surface area contributed by atoms with Gasteiger partial charge in [-0.25, -0.2) is 0 Å². The van der Waals surface area contributed by atoms with E-state index in [0.717, 1.165) is 18.1 Å². The molecule has 0 aromatic heterocycles. The van der Waals surface area contributed by atoms with Gasteiger partial charge in [0.1, 0.15) is 0 Å². The Hall–Kier alpha value is 0.270. The van der Waals surface area contributed by atoms with Crippen molar-refractivity contribution in [3.8, 4) is 0 Å². The molecule has 3 rings (SSSR count). The Morgan fingerprint density at radius 1 is 1.15 bits per heavy atom. The van der Waals surface area contributed by atoms with E-state index in [-0.39, 0.29) is 0 Å². The molecule has 0 aliphatic carbocycles. The lowest BCUT2D eigenvalue weighted by Gasteiger charge is -2.31. The molecule has 0 radical (unpaired) electrons. The number of fused-ring (bicyclic) bond motifs is 1. The van der Waals surface area contributed by atoms with Crippen LogP contribution in [0.3, 0.4) is 0 Å². The van der Waals surface area contributed by atoms with Gasteiger partial charge in [0.25, 0.3) is 0 Å². The zero-order valence-corrected chi connectivity index (χ0v) is 8.85. The van der Waals surface area contributed by atoms with Crippen LogP contribution >= 0.6 is 11.8 Å². The lowest BCUT2D eigenvalue weighted by molar-refractivity contribution is 0.293. The smallest absolute Gasteiger partial charge is 0.0252 e. The van der Waals surface area contributed by atoms with E-state index in [9.17, 15) is 0 Å². The van der Waals surface area contributed by atoms with Gasteiger partial charge in [-0.1, -0.05) is 0 Å². The molecule has 0 saturated carbocycles. The van der Waals surface area contributed by atoms with E-state index in [1.165, 1.54) is 43.9 Å². The van der Waals surface area contributed by atoms with E-state index in [1.807, 2.05) is 0 Å². The van der Waals surface area contributed by atoms with E-state index < -0.39 is 0 Å². The number of nitrogens with one attached hydrogen (secondary N) is 1. The molecule has 3 aliphatic heterocycles. The van der Waals surface area contributed by atoms with Gasteiger partial charge in [-0.05, 0) is 25.8 Å². The van der Waals surface area contributed by atoms with E-state index in [1.54, 1.807) is 0 Å². The predicted octanol–water partition coefficient (Wildman–Crippen LogP) is 0.928. The van der Waals surface area contributed by atoms with Crippen molar-refractivity contribution >= 4 is 11.8 Å². The van der Waals surface area contributed by atoms with Gasteiger partial charge in [0.05, 0.1) is 0 Å². The number of thioether (sulfide) groups is 1. The molecule has 2 unspecified atom stereocenters. The topological polar surface area (TPSA) is 15.3 Å². The average molecular weight is 198 g/mol. The van der Waals surface area contributed by atoms with Crippen molar-refractivity contribution in [3.63, 3.8) is 0 Å². The fourth-order valence-corrected chi connectivity index (χ4v) is 3.58. The first-order valence-corrected chi connectivity index (χ1v) is 6.67. The molecule has 3 heterocycles. The summed E-state index contributed by atoms with van der Waals surface area (Å²) in [5.74, 6) is 2.70. The Labute approximate surface area is 84.4 Å². The third-order valence-electron chi connectivity index (χ3n) is 3.69. The van der Waals surface area contributed by atoms with E-state index in [2.05, 4.69) is 22.0 Å². The summed E-state index contributed by atoms with van der Waals surface area (Å²) in [5.41, 5.74) is 0. The normalized spacial score (nSPS) is 40.6. The molecule has 0 aromatic rings. The van der Waals surface area contributed by atoms with Gasteiger partial charge >= 0.3 is 0 Å². The van der Waals surface area contributed by atoms with Crippen LogP contribution in [0.25, 0.3) is 0 Å². The molecule has 0 amide bonds. The monoisotopic (exact) mass is 198 g/mol. The molecular formula is C10H18N2S. The maximum atomic E-state index is 3.82. The minimum atomic E-state index is 0.827. The highest BCUT2D eigenvalue weighted by Gasteiger charge is 2.38. The minimum absolute atomic E-state index is 0.827. The molecule has 3 fully saturated rings. The van der Waals surface area contributed by atoms with E-state index in [4.69, 9.17) is 0 Å². The first-order chi connectivity index (χ1) is 6.43. The Morgan fingerprint density at radius 3 is 2.85 bits per heavy atom. The van der Waals surface area contributed by atoms with Gasteiger partial charge in [-0.15, -0.1) is 0 Å². The Morgan fingerprint density at radius 2 is 2.08 bits per heavy atom. The first-order valence-electron chi connectivity index (χ1n) is 5.51. The number of nitrogens with zero attached hydrogens (tertiary/aromatic N) is 1. The van der Waals surface area contributed by atoms with Crippen molar-refractivity contribution in [3.05, 3.63) is 0 Å². The second kappa shape index (κ2) is 3.44. The minimum Gasteiger partial charge on any atom is -0.308 e. The lowest BCUT2D eigenvalue weighted by atomic mass is 10.1. The third-order valence-corrected chi connectivity index (χ3v) is 4.97. The molecule has 13 heavy (non-hydrogen) atoms.